The second-order valence-electron chi connectivity index (χ2n) is 7.35. The highest BCUT2D eigenvalue weighted by Crippen LogP contribution is 2.34. The predicted molar refractivity (Wildman–Crippen MR) is 110 cm³/mol. The number of nitrogens with one attached hydrogen (secondary N) is 1. The number of pyridine rings is 1. The van der Waals surface area contributed by atoms with Crippen LogP contribution in [0, 0.1) is 12.7 Å². The molecule has 0 aliphatic carbocycles. The zero-order valence-corrected chi connectivity index (χ0v) is 17.6. The van der Waals surface area contributed by atoms with Crippen LogP contribution in [0.5, 0.6) is 5.75 Å². The molecule has 4 heterocycles. The molecule has 11 heteroatoms. The molecule has 1 N–H and O–H groups in total. The molecule has 0 bridgehead atoms. The van der Waals surface area contributed by atoms with Crippen LogP contribution in [0.15, 0.2) is 41.8 Å². The lowest BCUT2D eigenvalue weighted by Crippen LogP contribution is -2.32. The number of aryl methyl sites for hydroxylation is 2. The molecule has 0 spiro atoms. The average Bonchev–Trinajstić information content (AvgIpc) is 3.29. The van der Waals surface area contributed by atoms with E-state index in [9.17, 15) is 12.8 Å². The Labute approximate surface area is 177 Å². The van der Waals surface area contributed by atoms with Crippen molar-refractivity contribution in [2.75, 3.05) is 13.2 Å². The lowest BCUT2D eigenvalue weighted by Gasteiger charge is -2.17. The average molecular weight is 442 g/mol. The van der Waals surface area contributed by atoms with Gasteiger partial charge in [0.1, 0.15) is 29.5 Å². The van der Waals surface area contributed by atoms with E-state index in [0.717, 1.165) is 0 Å². The Hall–Kier alpha value is -3.31. The molecule has 0 fully saturated rings. The van der Waals surface area contributed by atoms with Gasteiger partial charge in [-0.3, -0.25) is 9.67 Å². The van der Waals surface area contributed by atoms with E-state index >= 15 is 0 Å². The summed E-state index contributed by atoms with van der Waals surface area (Å²) in [5.41, 5.74) is 1.82. The number of aromatic amines is 1. The third kappa shape index (κ3) is 3.26. The third-order valence-electron chi connectivity index (χ3n) is 5.25. The number of H-pyrrole nitrogens is 1. The van der Waals surface area contributed by atoms with Gasteiger partial charge >= 0.3 is 0 Å². The fourth-order valence-corrected chi connectivity index (χ4v) is 5.16. The lowest BCUT2D eigenvalue weighted by molar-refractivity contribution is 0.292. The maximum atomic E-state index is 14.7. The van der Waals surface area contributed by atoms with Gasteiger partial charge in [0, 0.05) is 30.7 Å². The van der Waals surface area contributed by atoms with E-state index in [0.29, 0.717) is 33.8 Å². The van der Waals surface area contributed by atoms with E-state index in [2.05, 4.69) is 20.1 Å². The predicted octanol–water partition coefficient (Wildman–Crippen LogP) is 2.39. The molecule has 3 aromatic heterocycles. The van der Waals surface area contributed by atoms with Crippen molar-refractivity contribution in [1.29, 1.82) is 0 Å². The normalized spacial score (nSPS) is 14.9. The van der Waals surface area contributed by atoms with Crippen molar-refractivity contribution < 1.29 is 17.5 Å². The molecular formula is C20H19FN6O3S. The van der Waals surface area contributed by atoms with Gasteiger partial charge in [-0.25, -0.2) is 17.8 Å². The summed E-state index contributed by atoms with van der Waals surface area (Å²) in [5, 5.41) is 4.61. The van der Waals surface area contributed by atoms with Crippen molar-refractivity contribution in [3.63, 3.8) is 0 Å². The minimum absolute atomic E-state index is 0.0596. The quantitative estimate of drug-likeness (QED) is 0.522. The van der Waals surface area contributed by atoms with E-state index in [4.69, 9.17) is 4.74 Å². The molecule has 0 saturated heterocycles. The zero-order chi connectivity index (χ0) is 21.8. The van der Waals surface area contributed by atoms with Crippen LogP contribution in [0.1, 0.15) is 11.3 Å². The van der Waals surface area contributed by atoms with Crippen LogP contribution in [0.25, 0.3) is 22.3 Å². The van der Waals surface area contributed by atoms with Crippen molar-refractivity contribution in [2.24, 2.45) is 7.05 Å². The van der Waals surface area contributed by atoms with Gasteiger partial charge in [-0.15, -0.1) is 0 Å². The summed E-state index contributed by atoms with van der Waals surface area (Å²) in [6.07, 6.45) is 3.13. The van der Waals surface area contributed by atoms with Gasteiger partial charge in [0.25, 0.3) is 10.0 Å². The number of ether oxygens (including phenoxy) is 1. The smallest absolute Gasteiger partial charge is 0.259 e. The molecule has 31 heavy (non-hydrogen) atoms. The van der Waals surface area contributed by atoms with Crippen LogP contribution >= 0.6 is 0 Å². The molecule has 160 valence electrons. The van der Waals surface area contributed by atoms with Gasteiger partial charge < -0.3 is 9.72 Å². The van der Waals surface area contributed by atoms with E-state index in [1.54, 1.807) is 32.3 Å². The second-order valence-corrected chi connectivity index (χ2v) is 9.26. The molecule has 0 saturated carbocycles. The van der Waals surface area contributed by atoms with Crippen LogP contribution in [-0.2, 0) is 23.6 Å². The number of benzene rings is 1. The first-order valence-corrected chi connectivity index (χ1v) is 11.0. The van der Waals surface area contributed by atoms with Crippen LogP contribution in [0.4, 0.5) is 4.39 Å². The lowest BCUT2D eigenvalue weighted by atomic mass is 10.0. The molecule has 1 aliphatic heterocycles. The van der Waals surface area contributed by atoms with E-state index in [-0.39, 0.29) is 30.2 Å². The van der Waals surface area contributed by atoms with Gasteiger partial charge in [-0.1, -0.05) is 0 Å². The molecular weight excluding hydrogens is 423 g/mol. The highest BCUT2D eigenvalue weighted by atomic mass is 32.2. The number of rotatable bonds is 3. The fraction of sp³-hybridized carbons (Fsp3) is 0.250. The topological polar surface area (TPSA) is 106 Å². The zero-order valence-electron chi connectivity index (χ0n) is 16.8. The summed E-state index contributed by atoms with van der Waals surface area (Å²) in [7, 11) is -2.24. The van der Waals surface area contributed by atoms with Crippen molar-refractivity contribution in [3.8, 4) is 17.1 Å². The van der Waals surface area contributed by atoms with Crippen LogP contribution in [0.2, 0.25) is 0 Å². The largest absolute Gasteiger partial charge is 0.490 e. The Kier molecular flexibility index (Phi) is 4.52. The number of aromatic nitrogens is 5. The van der Waals surface area contributed by atoms with Gasteiger partial charge in [-0.05, 0) is 36.8 Å². The third-order valence-corrected chi connectivity index (χ3v) is 7.02. The van der Waals surface area contributed by atoms with E-state index in [1.807, 2.05) is 0 Å². The molecule has 5 rings (SSSR count). The van der Waals surface area contributed by atoms with Crippen molar-refractivity contribution in [3.05, 3.63) is 53.9 Å². The molecule has 0 radical (unpaired) electrons. The fourth-order valence-electron chi connectivity index (χ4n) is 3.77. The SMILES string of the molecule is Cc1cc(F)c2[nH]c(S(=O)(=O)N3CCOc4cccnc4C3)cc2c1-c1ncn(C)n1. The minimum Gasteiger partial charge on any atom is -0.490 e. The standard InChI is InChI=1S/C20H19FN6O3S/c1-12-8-14(21)19-13(18(12)20-23-11-26(2)25-20)9-17(24-19)31(28,29)27-6-7-30-16-4-3-5-22-15(16)10-27/h3-5,8-9,11,24H,6-7,10H2,1-2H3. The first-order chi connectivity index (χ1) is 14.8. The van der Waals surface area contributed by atoms with Crippen LogP contribution < -0.4 is 4.74 Å². The van der Waals surface area contributed by atoms with Crippen molar-refractivity contribution in [2.45, 2.75) is 18.5 Å². The van der Waals surface area contributed by atoms with Crippen molar-refractivity contribution in [1.82, 2.24) is 29.0 Å². The summed E-state index contributed by atoms with van der Waals surface area (Å²) in [6.45, 7) is 2.13. The van der Waals surface area contributed by atoms with Gasteiger partial charge in [-0.2, -0.15) is 9.40 Å². The Bertz CT molecular complexity index is 1410. The number of hydrogen-bond acceptors (Lipinski definition) is 6. The Morgan fingerprint density at radius 2 is 2.10 bits per heavy atom. The molecule has 1 aromatic carbocycles. The maximum absolute atomic E-state index is 14.7. The Morgan fingerprint density at radius 3 is 2.87 bits per heavy atom. The van der Waals surface area contributed by atoms with E-state index < -0.39 is 15.8 Å². The van der Waals surface area contributed by atoms with Crippen molar-refractivity contribution >= 4 is 20.9 Å². The minimum atomic E-state index is -3.97. The highest BCUT2D eigenvalue weighted by molar-refractivity contribution is 7.89. The number of halogens is 1. The summed E-state index contributed by atoms with van der Waals surface area (Å²) < 4.78 is 50.0. The van der Waals surface area contributed by atoms with Crippen LogP contribution in [-0.4, -0.2) is 50.6 Å². The molecule has 0 amide bonds. The van der Waals surface area contributed by atoms with Gasteiger partial charge in [0.05, 0.1) is 17.8 Å². The first kappa shape index (κ1) is 19.6. The monoisotopic (exact) mass is 442 g/mol. The number of nitrogens with zero attached hydrogens (tertiary/aromatic N) is 5. The number of hydrogen-bond donors (Lipinski definition) is 1. The van der Waals surface area contributed by atoms with Crippen LogP contribution in [0.3, 0.4) is 0 Å². The van der Waals surface area contributed by atoms with E-state index in [1.165, 1.54) is 27.4 Å². The molecule has 0 unspecified atom stereocenters. The summed E-state index contributed by atoms with van der Waals surface area (Å²) in [5.74, 6) is 0.413. The Morgan fingerprint density at radius 1 is 1.26 bits per heavy atom. The first-order valence-electron chi connectivity index (χ1n) is 9.59. The molecule has 4 aromatic rings. The highest BCUT2D eigenvalue weighted by Gasteiger charge is 2.31. The molecule has 1 aliphatic rings. The molecule has 0 atom stereocenters. The summed E-state index contributed by atoms with van der Waals surface area (Å²) >= 11 is 0. The van der Waals surface area contributed by atoms with Gasteiger partial charge in [0.2, 0.25) is 0 Å². The summed E-state index contributed by atoms with van der Waals surface area (Å²) in [4.78, 5) is 11.3. The summed E-state index contributed by atoms with van der Waals surface area (Å²) in [6, 6.07) is 6.28. The van der Waals surface area contributed by atoms with Gasteiger partial charge in [0.15, 0.2) is 5.82 Å². The number of sulfonamides is 1. The number of fused-ring (bicyclic) bond motifs is 2. The molecule has 9 nitrogen and oxygen atoms in total. The second kappa shape index (κ2) is 7.13. The maximum Gasteiger partial charge on any atom is 0.259 e. The Balaban J connectivity index is 1.63.